The number of nitrogens with two attached hydrogens (primary N) is 1. The number of rotatable bonds is 4. The summed E-state index contributed by atoms with van der Waals surface area (Å²) in [5, 5.41) is 4.21. The van der Waals surface area contributed by atoms with Crippen LogP contribution in [0.4, 0.5) is 0 Å². The van der Waals surface area contributed by atoms with E-state index in [-0.39, 0.29) is 11.5 Å². The summed E-state index contributed by atoms with van der Waals surface area (Å²) in [5.74, 6) is 5.56. The lowest BCUT2D eigenvalue weighted by atomic mass is 9.89. The highest BCUT2D eigenvalue weighted by Gasteiger charge is 2.26. The average Bonchev–Trinajstić information content (AvgIpc) is 2.61. The van der Waals surface area contributed by atoms with Gasteiger partial charge in [0.2, 0.25) is 0 Å². The van der Waals surface area contributed by atoms with E-state index >= 15 is 0 Å². The molecular weight excluding hydrogens is 208 g/mol. The third-order valence-corrected chi connectivity index (χ3v) is 3.16. The van der Waals surface area contributed by atoms with Gasteiger partial charge in [0.1, 0.15) is 0 Å². The van der Waals surface area contributed by atoms with Crippen LogP contribution in [0.3, 0.4) is 0 Å². The van der Waals surface area contributed by atoms with Crippen molar-refractivity contribution in [2.75, 3.05) is 0 Å². The van der Waals surface area contributed by atoms with Crippen LogP contribution in [0.2, 0.25) is 0 Å². The molecule has 0 radical (unpaired) electrons. The minimum Gasteiger partial charge on any atom is -0.271 e. The molecule has 1 atom stereocenters. The summed E-state index contributed by atoms with van der Waals surface area (Å²) in [5.41, 5.74) is 3.94. The van der Waals surface area contributed by atoms with E-state index < -0.39 is 0 Å². The fraction of sp³-hybridized carbons (Fsp3) is 0.800. The van der Waals surface area contributed by atoms with Gasteiger partial charge in [-0.1, -0.05) is 38.6 Å². The van der Waals surface area contributed by atoms with E-state index in [1.54, 1.807) is 0 Å². The highest BCUT2D eigenvalue weighted by atomic mass is 32.1. The SMILES string of the molecule is CCCC(NN)c1snnc1C(C)(C)C. The Kier molecular flexibility index (Phi) is 4.19. The van der Waals surface area contributed by atoms with Gasteiger partial charge in [0.05, 0.1) is 16.6 Å². The normalized spacial score (nSPS) is 14.2. The average molecular weight is 228 g/mol. The first-order chi connectivity index (χ1) is 7.00. The van der Waals surface area contributed by atoms with E-state index in [1.165, 1.54) is 16.4 Å². The summed E-state index contributed by atoms with van der Waals surface area (Å²) in [6, 6.07) is 0.184. The van der Waals surface area contributed by atoms with Crippen molar-refractivity contribution in [1.82, 2.24) is 15.0 Å². The third kappa shape index (κ3) is 2.96. The largest absolute Gasteiger partial charge is 0.271 e. The molecule has 3 N–H and O–H groups in total. The molecule has 1 rings (SSSR count). The van der Waals surface area contributed by atoms with Crippen LogP contribution < -0.4 is 11.3 Å². The fourth-order valence-corrected chi connectivity index (χ4v) is 2.48. The molecule has 0 spiro atoms. The zero-order valence-corrected chi connectivity index (χ0v) is 10.7. The molecule has 4 nitrogen and oxygen atoms in total. The molecule has 1 heterocycles. The highest BCUT2D eigenvalue weighted by Crippen LogP contribution is 2.31. The monoisotopic (exact) mass is 228 g/mol. The molecule has 0 amide bonds. The van der Waals surface area contributed by atoms with Gasteiger partial charge in [-0.25, -0.2) is 0 Å². The van der Waals surface area contributed by atoms with E-state index in [0.717, 1.165) is 18.5 Å². The van der Waals surface area contributed by atoms with E-state index in [2.05, 4.69) is 42.7 Å². The number of hydrogen-bond acceptors (Lipinski definition) is 5. The lowest BCUT2D eigenvalue weighted by Gasteiger charge is -2.20. The second kappa shape index (κ2) is 5.01. The number of aromatic nitrogens is 2. The Balaban J connectivity index is 2.97. The van der Waals surface area contributed by atoms with Crippen molar-refractivity contribution in [1.29, 1.82) is 0 Å². The number of hydrazine groups is 1. The zero-order valence-electron chi connectivity index (χ0n) is 9.87. The minimum absolute atomic E-state index is 0.0329. The number of nitrogens with one attached hydrogen (secondary N) is 1. The predicted octanol–water partition coefficient (Wildman–Crippen LogP) is 2.14. The smallest absolute Gasteiger partial charge is 0.0857 e. The van der Waals surface area contributed by atoms with Crippen molar-refractivity contribution in [3.63, 3.8) is 0 Å². The number of hydrogen-bond donors (Lipinski definition) is 2. The molecule has 15 heavy (non-hydrogen) atoms. The van der Waals surface area contributed by atoms with E-state index in [9.17, 15) is 0 Å². The van der Waals surface area contributed by atoms with Crippen LogP contribution in [-0.4, -0.2) is 9.59 Å². The maximum absolute atomic E-state index is 5.56. The molecule has 86 valence electrons. The quantitative estimate of drug-likeness (QED) is 0.612. The Morgan fingerprint density at radius 3 is 2.60 bits per heavy atom. The van der Waals surface area contributed by atoms with Crippen molar-refractivity contribution < 1.29 is 0 Å². The lowest BCUT2D eigenvalue weighted by molar-refractivity contribution is 0.490. The fourth-order valence-electron chi connectivity index (χ4n) is 1.52. The van der Waals surface area contributed by atoms with E-state index in [0.29, 0.717) is 0 Å². The Morgan fingerprint density at radius 1 is 1.47 bits per heavy atom. The molecule has 0 fully saturated rings. The first-order valence-corrected chi connectivity index (χ1v) is 6.07. The van der Waals surface area contributed by atoms with Crippen molar-refractivity contribution >= 4 is 11.5 Å². The molecule has 5 heteroatoms. The summed E-state index contributed by atoms with van der Waals surface area (Å²) < 4.78 is 4.04. The molecule has 1 aromatic rings. The third-order valence-electron chi connectivity index (χ3n) is 2.32. The van der Waals surface area contributed by atoms with Gasteiger partial charge >= 0.3 is 0 Å². The van der Waals surface area contributed by atoms with Crippen molar-refractivity contribution in [3.05, 3.63) is 10.6 Å². The summed E-state index contributed by atoms with van der Waals surface area (Å²) in [4.78, 5) is 1.17. The molecule has 1 aromatic heterocycles. The molecule has 0 saturated carbocycles. The van der Waals surface area contributed by atoms with Crippen LogP contribution >= 0.6 is 11.5 Å². The molecule has 0 bridgehead atoms. The summed E-state index contributed by atoms with van der Waals surface area (Å²) in [6.45, 7) is 8.59. The summed E-state index contributed by atoms with van der Waals surface area (Å²) in [6.07, 6.45) is 2.11. The minimum atomic E-state index is 0.0329. The van der Waals surface area contributed by atoms with Gasteiger partial charge in [0, 0.05) is 5.41 Å². The van der Waals surface area contributed by atoms with E-state index in [1.807, 2.05) is 0 Å². The molecule has 0 aromatic carbocycles. The molecule has 1 unspecified atom stereocenters. The van der Waals surface area contributed by atoms with Crippen molar-refractivity contribution in [2.45, 2.75) is 52.0 Å². The van der Waals surface area contributed by atoms with Crippen LogP contribution in [0.1, 0.15) is 57.1 Å². The molecule has 0 aliphatic rings. The maximum Gasteiger partial charge on any atom is 0.0857 e. The number of nitrogens with zero attached hydrogens (tertiary/aromatic N) is 2. The second-order valence-corrected chi connectivity index (χ2v) is 5.53. The first kappa shape index (κ1) is 12.5. The first-order valence-electron chi connectivity index (χ1n) is 5.29. The zero-order chi connectivity index (χ0) is 11.5. The van der Waals surface area contributed by atoms with Crippen molar-refractivity contribution in [3.8, 4) is 0 Å². The Morgan fingerprint density at radius 2 is 2.13 bits per heavy atom. The predicted molar refractivity (Wildman–Crippen MR) is 63.6 cm³/mol. The van der Waals surface area contributed by atoms with Crippen LogP contribution in [-0.2, 0) is 5.41 Å². The summed E-state index contributed by atoms with van der Waals surface area (Å²) >= 11 is 1.45. The van der Waals surface area contributed by atoms with Gasteiger partial charge in [0.15, 0.2) is 0 Å². The standard InChI is InChI=1S/C10H20N4S/c1-5-6-7(12-11)8-9(10(2,3)4)13-14-15-8/h7,12H,5-6,11H2,1-4H3. The molecule has 0 saturated heterocycles. The Bertz CT molecular complexity index is 303. The van der Waals surface area contributed by atoms with Gasteiger partial charge in [0.25, 0.3) is 0 Å². The van der Waals surface area contributed by atoms with Crippen molar-refractivity contribution in [2.24, 2.45) is 5.84 Å². The van der Waals surface area contributed by atoms with Gasteiger partial charge in [-0.05, 0) is 18.0 Å². The Hall–Kier alpha value is -0.520. The molecule has 0 aliphatic carbocycles. The van der Waals surface area contributed by atoms with Crippen LogP contribution in [0.25, 0.3) is 0 Å². The van der Waals surface area contributed by atoms with E-state index in [4.69, 9.17) is 5.84 Å². The van der Waals surface area contributed by atoms with Gasteiger partial charge < -0.3 is 0 Å². The second-order valence-electron chi connectivity index (χ2n) is 4.74. The van der Waals surface area contributed by atoms with Gasteiger partial charge in [-0.15, -0.1) is 5.10 Å². The van der Waals surface area contributed by atoms with Gasteiger partial charge in [-0.2, -0.15) is 0 Å². The van der Waals surface area contributed by atoms with Crippen LogP contribution in [0.5, 0.6) is 0 Å². The van der Waals surface area contributed by atoms with Gasteiger partial charge in [-0.3, -0.25) is 11.3 Å². The van der Waals surface area contributed by atoms with Crippen LogP contribution in [0.15, 0.2) is 0 Å². The highest BCUT2D eigenvalue weighted by molar-refractivity contribution is 7.05. The molecular formula is C10H20N4S. The maximum atomic E-state index is 5.56. The summed E-state index contributed by atoms with van der Waals surface area (Å²) in [7, 11) is 0. The lowest BCUT2D eigenvalue weighted by Crippen LogP contribution is -2.29. The Labute approximate surface area is 95.4 Å². The topological polar surface area (TPSA) is 63.8 Å². The molecule has 0 aliphatic heterocycles. The van der Waals surface area contributed by atoms with Crippen LogP contribution in [0, 0.1) is 0 Å².